The third-order valence-corrected chi connectivity index (χ3v) is 1.39. The molecule has 0 amide bonds. The van der Waals surface area contributed by atoms with E-state index < -0.39 is 6.10 Å². The van der Waals surface area contributed by atoms with Crippen LogP contribution in [0.1, 0.15) is 13.8 Å². The number of ether oxygens (including phenoxy) is 2. The van der Waals surface area contributed by atoms with E-state index >= 15 is 0 Å². The molecule has 0 rings (SSSR count). The molecule has 0 aromatic carbocycles. The first-order valence-corrected chi connectivity index (χ1v) is 4.43. The second-order valence-electron chi connectivity index (χ2n) is 3.16. The van der Waals surface area contributed by atoms with Gasteiger partial charge in [-0.05, 0) is 0 Å². The zero-order valence-corrected chi connectivity index (χ0v) is 8.53. The van der Waals surface area contributed by atoms with Crippen LogP contribution in [0.15, 0.2) is 0 Å². The van der Waals surface area contributed by atoms with Crippen molar-refractivity contribution in [2.75, 3.05) is 19.8 Å². The maximum Gasteiger partial charge on any atom is 0.308 e. The molecule has 4 nitrogen and oxygen atoms in total. The van der Waals surface area contributed by atoms with E-state index in [1.165, 1.54) is 0 Å². The van der Waals surface area contributed by atoms with Gasteiger partial charge in [0.15, 0.2) is 0 Å². The van der Waals surface area contributed by atoms with Crippen LogP contribution in [0.4, 0.5) is 0 Å². The van der Waals surface area contributed by atoms with E-state index in [9.17, 15) is 9.90 Å². The molecule has 0 aliphatic heterocycles. The fraction of sp³-hybridized carbons (Fsp3) is 0.700. The fourth-order valence-electron chi connectivity index (χ4n) is 0.647. The van der Waals surface area contributed by atoms with Crippen molar-refractivity contribution in [2.24, 2.45) is 5.92 Å². The molecule has 1 unspecified atom stereocenters. The summed E-state index contributed by atoms with van der Waals surface area (Å²) >= 11 is 0. The number of terminal acetylenes is 1. The Kier molecular flexibility index (Phi) is 6.81. The number of hydrogen-bond donors (Lipinski definition) is 1. The summed E-state index contributed by atoms with van der Waals surface area (Å²) in [6.45, 7) is 3.62. The third kappa shape index (κ3) is 6.46. The van der Waals surface area contributed by atoms with Gasteiger partial charge >= 0.3 is 5.97 Å². The number of carbonyl (C=O) groups is 1. The predicted octanol–water partition coefficient (Wildman–Crippen LogP) is 0.196. The lowest BCUT2D eigenvalue weighted by atomic mass is 10.2. The zero-order chi connectivity index (χ0) is 11.0. The molecule has 0 aliphatic carbocycles. The van der Waals surface area contributed by atoms with Crippen molar-refractivity contribution >= 4 is 5.97 Å². The summed E-state index contributed by atoms with van der Waals surface area (Å²) in [6, 6.07) is 0. The molecule has 0 saturated carbocycles. The molecule has 0 radical (unpaired) electrons. The van der Waals surface area contributed by atoms with Gasteiger partial charge in [-0.25, -0.2) is 0 Å². The summed E-state index contributed by atoms with van der Waals surface area (Å²) in [6.07, 6.45) is 4.12. The molecule has 0 aromatic heterocycles. The molecule has 0 fully saturated rings. The Bertz CT molecular complexity index is 205. The highest BCUT2D eigenvalue weighted by molar-refractivity contribution is 5.71. The number of aliphatic hydroxyl groups excluding tert-OH is 1. The van der Waals surface area contributed by atoms with Crippen LogP contribution in [-0.4, -0.2) is 37.0 Å². The number of hydrogen-bond acceptors (Lipinski definition) is 4. The molecule has 0 bridgehead atoms. The summed E-state index contributed by atoms with van der Waals surface area (Å²) in [4.78, 5) is 11.0. The maximum atomic E-state index is 11.0. The van der Waals surface area contributed by atoms with Crippen LogP contribution < -0.4 is 0 Å². The largest absolute Gasteiger partial charge is 0.463 e. The van der Waals surface area contributed by atoms with Gasteiger partial charge in [0.1, 0.15) is 19.3 Å². The van der Waals surface area contributed by atoms with Crippen LogP contribution in [0.25, 0.3) is 0 Å². The Morgan fingerprint density at radius 3 is 2.64 bits per heavy atom. The summed E-state index contributed by atoms with van der Waals surface area (Å²) in [7, 11) is 0. The molecule has 0 heterocycles. The van der Waals surface area contributed by atoms with Gasteiger partial charge in [0.2, 0.25) is 0 Å². The average molecular weight is 200 g/mol. The third-order valence-electron chi connectivity index (χ3n) is 1.39. The Labute approximate surface area is 84.2 Å². The Hall–Kier alpha value is -1.05. The minimum Gasteiger partial charge on any atom is -0.463 e. The highest BCUT2D eigenvalue weighted by atomic mass is 16.5. The minimum atomic E-state index is -0.814. The predicted molar refractivity (Wildman–Crippen MR) is 51.5 cm³/mol. The van der Waals surface area contributed by atoms with Crippen molar-refractivity contribution in [2.45, 2.75) is 20.0 Å². The molecular weight excluding hydrogens is 184 g/mol. The molecule has 1 N–H and O–H groups in total. The molecule has 0 spiro atoms. The summed E-state index contributed by atoms with van der Waals surface area (Å²) < 4.78 is 9.64. The van der Waals surface area contributed by atoms with Gasteiger partial charge in [0, 0.05) is 0 Å². The van der Waals surface area contributed by atoms with E-state index in [1.807, 2.05) is 0 Å². The van der Waals surface area contributed by atoms with Crippen molar-refractivity contribution < 1.29 is 19.4 Å². The fourth-order valence-corrected chi connectivity index (χ4v) is 0.647. The average Bonchev–Trinajstić information content (AvgIpc) is 2.14. The van der Waals surface area contributed by atoms with Gasteiger partial charge in [0.25, 0.3) is 0 Å². The number of esters is 1. The smallest absolute Gasteiger partial charge is 0.308 e. The van der Waals surface area contributed by atoms with Crippen LogP contribution in [0.5, 0.6) is 0 Å². The van der Waals surface area contributed by atoms with Crippen molar-refractivity contribution in [1.29, 1.82) is 0 Å². The van der Waals surface area contributed by atoms with Gasteiger partial charge in [-0.15, -0.1) is 6.42 Å². The van der Waals surface area contributed by atoms with E-state index in [1.54, 1.807) is 13.8 Å². The molecule has 14 heavy (non-hydrogen) atoms. The van der Waals surface area contributed by atoms with Crippen LogP contribution >= 0.6 is 0 Å². The van der Waals surface area contributed by atoms with E-state index in [0.29, 0.717) is 0 Å². The lowest BCUT2D eigenvalue weighted by molar-refractivity contribution is -0.151. The minimum absolute atomic E-state index is 0.0540. The standard InChI is InChI=1S/C10H16O4/c1-4-5-13-6-9(11)7-14-10(12)8(2)3/h1,8-9,11H,5-7H2,2-3H3. The molecule has 1 atom stereocenters. The molecule has 0 aliphatic rings. The first kappa shape index (κ1) is 12.9. The Balaban J connectivity index is 3.49. The van der Waals surface area contributed by atoms with Gasteiger partial charge < -0.3 is 14.6 Å². The van der Waals surface area contributed by atoms with Crippen LogP contribution in [-0.2, 0) is 14.3 Å². The second-order valence-corrected chi connectivity index (χ2v) is 3.16. The normalized spacial score (nSPS) is 12.2. The summed E-state index contributed by atoms with van der Waals surface area (Å²) in [5, 5.41) is 9.24. The SMILES string of the molecule is C#CCOCC(O)COC(=O)C(C)C. The van der Waals surface area contributed by atoms with Gasteiger partial charge in [-0.3, -0.25) is 4.79 Å². The van der Waals surface area contributed by atoms with Gasteiger partial charge in [-0.1, -0.05) is 19.8 Å². The molecule has 0 aromatic rings. The highest BCUT2D eigenvalue weighted by Crippen LogP contribution is 1.97. The molecule has 4 heteroatoms. The second kappa shape index (κ2) is 7.36. The zero-order valence-electron chi connectivity index (χ0n) is 8.53. The highest BCUT2D eigenvalue weighted by Gasteiger charge is 2.11. The van der Waals surface area contributed by atoms with E-state index in [-0.39, 0.29) is 31.7 Å². The van der Waals surface area contributed by atoms with Gasteiger partial charge in [-0.2, -0.15) is 0 Å². The van der Waals surface area contributed by atoms with E-state index in [4.69, 9.17) is 15.9 Å². The maximum absolute atomic E-state index is 11.0. The van der Waals surface area contributed by atoms with E-state index in [0.717, 1.165) is 0 Å². The van der Waals surface area contributed by atoms with E-state index in [2.05, 4.69) is 5.92 Å². The molecular formula is C10H16O4. The van der Waals surface area contributed by atoms with Crippen LogP contribution in [0, 0.1) is 18.3 Å². The van der Waals surface area contributed by atoms with Crippen molar-refractivity contribution in [3.8, 4) is 12.3 Å². The Morgan fingerprint density at radius 1 is 1.50 bits per heavy atom. The summed E-state index contributed by atoms with van der Waals surface area (Å²) in [5.74, 6) is 1.75. The lowest BCUT2D eigenvalue weighted by Crippen LogP contribution is -2.25. The monoisotopic (exact) mass is 200 g/mol. The quantitative estimate of drug-likeness (QED) is 0.378. The molecule has 80 valence electrons. The number of aliphatic hydroxyl groups is 1. The van der Waals surface area contributed by atoms with Crippen molar-refractivity contribution in [3.05, 3.63) is 0 Å². The molecule has 0 saturated heterocycles. The summed E-state index contributed by atoms with van der Waals surface area (Å²) in [5.41, 5.74) is 0. The number of rotatable bonds is 6. The topological polar surface area (TPSA) is 55.8 Å². The van der Waals surface area contributed by atoms with Crippen molar-refractivity contribution in [1.82, 2.24) is 0 Å². The first-order chi connectivity index (χ1) is 6.57. The van der Waals surface area contributed by atoms with Crippen molar-refractivity contribution in [3.63, 3.8) is 0 Å². The number of carbonyl (C=O) groups excluding carboxylic acids is 1. The lowest BCUT2D eigenvalue weighted by Gasteiger charge is -2.11. The Morgan fingerprint density at radius 2 is 2.14 bits per heavy atom. The van der Waals surface area contributed by atoms with Crippen LogP contribution in [0.3, 0.4) is 0 Å². The van der Waals surface area contributed by atoms with Crippen LogP contribution in [0.2, 0.25) is 0 Å². The van der Waals surface area contributed by atoms with Gasteiger partial charge in [0.05, 0.1) is 12.5 Å². The first-order valence-electron chi connectivity index (χ1n) is 4.43.